The summed E-state index contributed by atoms with van der Waals surface area (Å²) >= 11 is 0. The Morgan fingerprint density at radius 3 is 2.38 bits per heavy atom. The Balaban J connectivity index is 2.70. The number of benzene rings is 1. The summed E-state index contributed by atoms with van der Waals surface area (Å²) in [5.41, 5.74) is 11.2. The summed E-state index contributed by atoms with van der Waals surface area (Å²) in [6.07, 6.45) is 3.24. The number of rotatable bonds is 2. The van der Waals surface area contributed by atoms with E-state index in [1.54, 1.807) is 30.3 Å². The van der Waals surface area contributed by atoms with Crippen LogP contribution in [0.5, 0.6) is 5.75 Å². The van der Waals surface area contributed by atoms with Gasteiger partial charge in [-0.2, -0.15) is 0 Å². The lowest BCUT2D eigenvalue weighted by molar-refractivity contribution is 0.475. The van der Waals surface area contributed by atoms with Crippen LogP contribution in [0.2, 0.25) is 0 Å². The smallest absolute Gasteiger partial charge is 0.190 e. The van der Waals surface area contributed by atoms with E-state index in [-0.39, 0.29) is 11.7 Å². The molecule has 0 saturated carbocycles. The Kier molecular flexibility index (Phi) is 2.92. The number of aromatic hydroxyl groups is 1. The minimum atomic E-state index is 0.0232. The fourth-order valence-electron chi connectivity index (χ4n) is 0.795. The van der Waals surface area contributed by atoms with Crippen LogP contribution in [0.4, 0.5) is 0 Å². The number of phenolic OH excluding ortho intramolecular Hbond substituents is 1. The molecule has 0 aliphatic rings. The maximum Gasteiger partial charge on any atom is 0.190 e. The van der Waals surface area contributed by atoms with Crippen molar-refractivity contribution in [1.82, 2.24) is 0 Å². The zero-order valence-corrected chi connectivity index (χ0v) is 7.01. The Labute approximate surface area is 76.2 Å². The SMILES string of the molecule is NC(N)=NC=Cc1ccc(O)cc1. The predicted molar refractivity (Wildman–Crippen MR) is 53.0 cm³/mol. The second-order valence-corrected chi connectivity index (χ2v) is 2.46. The highest BCUT2D eigenvalue weighted by molar-refractivity contribution is 5.76. The van der Waals surface area contributed by atoms with Gasteiger partial charge in [-0.15, -0.1) is 0 Å². The largest absolute Gasteiger partial charge is 0.508 e. The van der Waals surface area contributed by atoms with Gasteiger partial charge in [0.1, 0.15) is 5.75 Å². The zero-order chi connectivity index (χ0) is 9.68. The second-order valence-electron chi connectivity index (χ2n) is 2.46. The molecule has 0 bridgehead atoms. The minimum absolute atomic E-state index is 0.0232. The molecular formula is C9H11N3O. The summed E-state index contributed by atoms with van der Waals surface area (Å²) in [7, 11) is 0. The van der Waals surface area contributed by atoms with Crippen LogP contribution in [-0.4, -0.2) is 11.1 Å². The van der Waals surface area contributed by atoms with Gasteiger partial charge in [0, 0.05) is 6.20 Å². The van der Waals surface area contributed by atoms with E-state index in [2.05, 4.69) is 4.99 Å². The number of phenols is 1. The van der Waals surface area contributed by atoms with Crippen LogP contribution in [0.1, 0.15) is 5.56 Å². The highest BCUT2D eigenvalue weighted by Crippen LogP contribution is 2.10. The van der Waals surface area contributed by atoms with Crippen molar-refractivity contribution in [2.45, 2.75) is 0 Å². The van der Waals surface area contributed by atoms with Crippen molar-refractivity contribution in [2.24, 2.45) is 16.5 Å². The quantitative estimate of drug-likeness (QED) is 0.457. The Morgan fingerprint density at radius 2 is 1.85 bits per heavy atom. The molecule has 0 heterocycles. The first-order valence-electron chi connectivity index (χ1n) is 3.73. The van der Waals surface area contributed by atoms with Gasteiger partial charge in [0.05, 0.1) is 0 Å². The standard InChI is InChI=1S/C9H11N3O/c10-9(11)12-6-5-7-1-3-8(13)4-2-7/h1-6,13H,(H4,10,11,12). The zero-order valence-electron chi connectivity index (χ0n) is 7.01. The number of nitrogens with zero attached hydrogens (tertiary/aromatic N) is 1. The van der Waals surface area contributed by atoms with Crippen molar-refractivity contribution in [3.05, 3.63) is 36.0 Å². The van der Waals surface area contributed by atoms with E-state index in [0.717, 1.165) is 5.56 Å². The molecule has 4 heteroatoms. The first-order chi connectivity index (χ1) is 6.18. The molecule has 0 aliphatic heterocycles. The van der Waals surface area contributed by atoms with Gasteiger partial charge in [-0.3, -0.25) is 0 Å². The maximum absolute atomic E-state index is 8.98. The first kappa shape index (κ1) is 9.12. The van der Waals surface area contributed by atoms with Crippen molar-refractivity contribution >= 4 is 12.0 Å². The number of aliphatic imine (C=N–C) groups is 1. The molecule has 0 saturated heterocycles. The molecule has 1 rings (SSSR count). The summed E-state index contributed by atoms with van der Waals surface area (Å²) in [5, 5.41) is 8.98. The Morgan fingerprint density at radius 1 is 1.23 bits per heavy atom. The normalized spacial score (nSPS) is 10.2. The van der Waals surface area contributed by atoms with Crippen LogP contribution in [0.3, 0.4) is 0 Å². The lowest BCUT2D eigenvalue weighted by Crippen LogP contribution is -2.21. The van der Waals surface area contributed by atoms with E-state index in [1.807, 2.05) is 0 Å². The molecule has 0 atom stereocenters. The van der Waals surface area contributed by atoms with Crippen molar-refractivity contribution in [1.29, 1.82) is 0 Å². The van der Waals surface area contributed by atoms with E-state index in [1.165, 1.54) is 6.20 Å². The minimum Gasteiger partial charge on any atom is -0.508 e. The van der Waals surface area contributed by atoms with Crippen LogP contribution in [0.15, 0.2) is 35.5 Å². The van der Waals surface area contributed by atoms with Crippen LogP contribution < -0.4 is 11.5 Å². The molecule has 1 aromatic rings. The van der Waals surface area contributed by atoms with Gasteiger partial charge in [0.2, 0.25) is 0 Å². The monoisotopic (exact) mass is 177 g/mol. The van der Waals surface area contributed by atoms with Gasteiger partial charge in [-0.05, 0) is 23.8 Å². The van der Waals surface area contributed by atoms with Crippen molar-refractivity contribution in [3.63, 3.8) is 0 Å². The molecule has 4 nitrogen and oxygen atoms in total. The van der Waals surface area contributed by atoms with Gasteiger partial charge in [-0.25, -0.2) is 4.99 Å². The third-order valence-corrected chi connectivity index (χ3v) is 1.38. The molecule has 0 radical (unpaired) electrons. The van der Waals surface area contributed by atoms with Crippen molar-refractivity contribution < 1.29 is 5.11 Å². The van der Waals surface area contributed by atoms with E-state index in [9.17, 15) is 0 Å². The fourth-order valence-corrected chi connectivity index (χ4v) is 0.795. The van der Waals surface area contributed by atoms with Gasteiger partial charge < -0.3 is 16.6 Å². The molecule has 68 valence electrons. The third kappa shape index (κ3) is 3.29. The average Bonchev–Trinajstić information content (AvgIpc) is 2.08. The van der Waals surface area contributed by atoms with Gasteiger partial charge in [-0.1, -0.05) is 12.1 Å². The summed E-state index contributed by atoms with van der Waals surface area (Å²) in [6.45, 7) is 0. The number of nitrogens with two attached hydrogens (primary N) is 2. The van der Waals surface area contributed by atoms with Crippen LogP contribution in [0, 0.1) is 0 Å². The molecule has 0 amide bonds. The highest BCUT2D eigenvalue weighted by Gasteiger charge is 1.86. The molecule has 0 fully saturated rings. The summed E-state index contributed by atoms with van der Waals surface area (Å²) in [4.78, 5) is 3.67. The van der Waals surface area contributed by atoms with Gasteiger partial charge >= 0.3 is 0 Å². The Bertz CT molecular complexity index is 323. The molecule has 1 aromatic carbocycles. The molecule has 0 unspecified atom stereocenters. The topological polar surface area (TPSA) is 84.6 Å². The predicted octanol–water partition coefficient (Wildman–Crippen LogP) is 0.636. The highest BCUT2D eigenvalue weighted by atomic mass is 16.3. The van der Waals surface area contributed by atoms with Crippen molar-refractivity contribution in [2.75, 3.05) is 0 Å². The summed E-state index contributed by atoms with van der Waals surface area (Å²) < 4.78 is 0. The molecule has 5 N–H and O–H groups in total. The van der Waals surface area contributed by atoms with Crippen LogP contribution in [0.25, 0.3) is 6.08 Å². The molecule has 0 aromatic heterocycles. The van der Waals surface area contributed by atoms with E-state index < -0.39 is 0 Å². The molecule has 0 spiro atoms. The lowest BCUT2D eigenvalue weighted by Gasteiger charge is -1.92. The Hall–Kier alpha value is -1.97. The molecular weight excluding hydrogens is 166 g/mol. The van der Waals surface area contributed by atoms with Gasteiger partial charge in [0.25, 0.3) is 0 Å². The lowest BCUT2D eigenvalue weighted by atomic mass is 10.2. The summed E-state index contributed by atoms with van der Waals surface area (Å²) in [6, 6.07) is 6.70. The van der Waals surface area contributed by atoms with Crippen LogP contribution >= 0.6 is 0 Å². The fraction of sp³-hybridized carbons (Fsp3) is 0. The number of hydrogen-bond acceptors (Lipinski definition) is 2. The van der Waals surface area contributed by atoms with Gasteiger partial charge in [0.15, 0.2) is 5.96 Å². The maximum atomic E-state index is 8.98. The first-order valence-corrected chi connectivity index (χ1v) is 3.73. The molecule has 13 heavy (non-hydrogen) atoms. The van der Waals surface area contributed by atoms with E-state index in [4.69, 9.17) is 16.6 Å². The van der Waals surface area contributed by atoms with E-state index in [0.29, 0.717) is 0 Å². The summed E-state index contributed by atoms with van der Waals surface area (Å²) in [5.74, 6) is 0.258. The number of hydrogen-bond donors (Lipinski definition) is 3. The second kappa shape index (κ2) is 4.15. The van der Waals surface area contributed by atoms with Crippen molar-refractivity contribution in [3.8, 4) is 5.75 Å². The van der Waals surface area contributed by atoms with Crippen LogP contribution in [-0.2, 0) is 0 Å². The number of guanidine groups is 1. The third-order valence-electron chi connectivity index (χ3n) is 1.38. The molecule has 0 aliphatic carbocycles. The average molecular weight is 177 g/mol. The van der Waals surface area contributed by atoms with E-state index >= 15 is 0 Å².